The van der Waals surface area contributed by atoms with E-state index >= 15 is 0 Å². The Balaban J connectivity index is 1.62. The molecule has 4 rings (SSSR count). The highest BCUT2D eigenvalue weighted by atomic mass is 16.4. The molecule has 27 heavy (non-hydrogen) atoms. The molecule has 0 saturated carbocycles. The van der Waals surface area contributed by atoms with E-state index in [-0.39, 0.29) is 5.41 Å². The molecule has 1 aliphatic heterocycles. The molecule has 3 aromatic rings. The number of H-pyrrole nitrogens is 1. The SMILES string of the molecule is CC(C)(C)c1ccn(C2(C(=O)O)CCN(c3ncnc4[nH]ccc34)CC2)n1. The van der Waals surface area contributed by atoms with Crippen LogP contribution in [0.4, 0.5) is 5.82 Å². The molecule has 0 amide bonds. The lowest BCUT2D eigenvalue weighted by Gasteiger charge is -2.39. The summed E-state index contributed by atoms with van der Waals surface area (Å²) in [5.41, 5.74) is 0.545. The fraction of sp³-hybridized carbons (Fsp3) is 0.474. The monoisotopic (exact) mass is 368 g/mol. The zero-order chi connectivity index (χ0) is 19.2. The Morgan fingerprint density at radius 3 is 2.59 bits per heavy atom. The molecule has 8 nitrogen and oxygen atoms in total. The number of carboxylic acids is 1. The minimum Gasteiger partial charge on any atom is -0.479 e. The lowest BCUT2D eigenvalue weighted by Crippen LogP contribution is -2.51. The van der Waals surface area contributed by atoms with E-state index in [1.807, 2.05) is 18.3 Å². The van der Waals surface area contributed by atoms with Gasteiger partial charge in [0, 0.05) is 43.7 Å². The fourth-order valence-corrected chi connectivity index (χ4v) is 3.70. The minimum atomic E-state index is -1.02. The number of nitrogens with zero attached hydrogens (tertiary/aromatic N) is 5. The summed E-state index contributed by atoms with van der Waals surface area (Å²) >= 11 is 0. The fourth-order valence-electron chi connectivity index (χ4n) is 3.70. The average molecular weight is 368 g/mol. The Morgan fingerprint density at radius 2 is 1.96 bits per heavy atom. The standard InChI is InChI=1S/C19H24N6O2/c1-18(2,3)14-5-9-25(23-14)19(17(26)27)6-10-24(11-7-19)16-13-4-8-20-15(13)21-12-22-16/h4-5,8-9,12H,6-7,10-11H2,1-3H3,(H,26,27)(H,20,21,22). The van der Waals surface area contributed by atoms with Crippen molar-refractivity contribution in [3.8, 4) is 0 Å². The summed E-state index contributed by atoms with van der Waals surface area (Å²) in [4.78, 5) is 26.1. The van der Waals surface area contributed by atoms with Crippen LogP contribution in [0.15, 0.2) is 30.9 Å². The number of aromatic nitrogens is 5. The van der Waals surface area contributed by atoms with Gasteiger partial charge < -0.3 is 15.0 Å². The maximum absolute atomic E-state index is 12.2. The molecule has 0 bridgehead atoms. The molecule has 0 radical (unpaired) electrons. The quantitative estimate of drug-likeness (QED) is 0.737. The van der Waals surface area contributed by atoms with Crippen LogP contribution in [-0.2, 0) is 15.7 Å². The zero-order valence-electron chi connectivity index (χ0n) is 15.8. The summed E-state index contributed by atoms with van der Waals surface area (Å²) in [7, 11) is 0. The van der Waals surface area contributed by atoms with Gasteiger partial charge in [-0.3, -0.25) is 4.68 Å². The van der Waals surface area contributed by atoms with Crippen LogP contribution >= 0.6 is 0 Å². The van der Waals surface area contributed by atoms with Gasteiger partial charge in [0.25, 0.3) is 0 Å². The Morgan fingerprint density at radius 1 is 1.22 bits per heavy atom. The highest BCUT2D eigenvalue weighted by Crippen LogP contribution is 2.34. The van der Waals surface area contributed by atoms with E-state index in [4.69, 9.17) is 0 Å². The van der Waals surface area contributed by atoms with Gasteiger partial charge in [0.1, 0.15) is 17.8 Å². The molecule has 8 heteroatoms. The summed E-state index contributed by atoms with van der Waals surface area (Å²) in [5.74, 6) is 0.0104. The van der Waals surface area contributed by atoms with E-state index in [9.17, 15) is 9.90 Å². The first kappa shape index (κ1) is 17.5. The van der Waals surface area contributed by atoms with Gasteiger partial charge in [-0.15, -0.1) is 0 Å². The number of piperidine rings is 1. The molecule has 0 atom stereocenters. The van der Waals surface area contributed by atoms with Crippen molar-refractivity contribution in [2.24, 2.45) is 0 Å². The van der Waals surface area contributed by atoms with Crippen LogP contribution in [-0.4, -0.2) is 48.9 Å². The van der Waals surface area contributed by atoms with Crippen LogP contribution < -0.4 is 4.90 Å². The van der Waals surface area contributed by atoms with E-state index in [1.165, 1.54) is 6.33 Å². The van der Waals surface area contributed by atoms with Crippen molar-refractivity contribution in [1.82, 2.24) is 24.7 Å². The average Bonchev–Trinajstić information content (AvgIpc) is 3.30. The summed E-state index contributed by atoms with van der Waals surface area (Å²) in [6.45, 7) is 7.41. The number of carboxylic acid groups (broad SMARTS) is 1. The number of anilines is 1. The molecule has 1 aliphatic rings. The van der Waals surface area contributed by atoms with E-state index in [0.717, 1.165) is 22.5 Å². The number of aromatic amines is 1. The van der Waals surface area contributed by atoms with Crippen molar-refractivity contribution < 1.29 is 9.90 Å². The first-order valence-corrected chi connectivity index (χ1v) is 9.14. The van der Waals surface area contributed by atoms with Gasteiger partial charge in [0.15, 0.2) is 5.54 Å². The Hall–Kier alpha value is -2.90. The minimum absolute atomic E-state index is 0.119. The second kappa shape index (κ2) is 6.07. The number of hydrogen-bond acceptors (Lipinski definition) is 5. The second-order valence-corrected chi connectivity index (χ2v) is 8.16. The third-order valence-corrected chi connectivity index (χ3v) is 5.42. The van der Waals surface area contributed by atoms with Crippen LogP contribution in [0.25, 0.3) is 11.0 Å². The third kappa shape index (κ3) is 2.85. The van der Waals surface area contributed by atoms with E-state index in [2.05, 4.69) is 45.7 Å². The summed E-state index contributed by atoms with van der Waals surface area (Å²) in [5, 5.41) is 15.6. The van der Waals surface area contributed by atoms with Crippen LogP contribution in [0.5, 0.6) is 0 Å². The molecule has 0 spiro atoms. The van der Waals surface area contributed by atoms with Crippen LogP contribution in [0.2, 0.25) is 0 Å². The van der Waals surface area contributed by atoms with Crippen molar-refractivity contribution in [3.63, 3.8) is 0 Å². The molecule has 142 valence electrons. The van der Waals surface area contributed by atoms with Gasteiger partial charge in [-0.25, -0.2) is 14.8 Å². The van der Waals surface area contributed by atoms with Gasteiger partial charge in [-0.2, -0.15) is 5.10 Å². The Labute approximate surface area is 157 Å². The topological polar surface area (TPSA) is 99.9 Å². The highest BCUT2D eigenvalue weighted by molar-refractivity contribution is 5.87. The number of carbonyl (C=O) groups is 1. The zero-order valence-corrected chi connectivity index (χ0v) is 15.8. The van der Waals surface area contributed by atoms with Crippen LogP contribution in [0.1, 0.15) is 39.3 Å². The van der Waals surface area contributed by atoms with Crippen molar-refractivity contribution in [3.05, 3.63) is 36.5 Å². The molecule has 0 aliphatic carbocycles. The van der Waals surface area contributed by atoms with Crippen molar-refractivity contribution >= 4 is 22.8 Å². The maximum atomic E-state index is 12.2. The van der Waals surface area contributed by atoms with Crippen LogP contribution in [0.3, 0.4) is 0 Å². The predicted molar refractivity (Wildman–Crippen MR) is 102 cm³/mol. The normalized spacial score (nSPS) is 17.4. The van der Waals surface area contributed by atoms with Crippen molar-refractivity contribution in [1.29, 1.82) is 0 Å². The third-order valence-electron chi connectivity index (χ3n) is 5.42. The summed E-state index contributed by atoms with van der Waals surface area (Å²) < 4.78 is 1.65. The van der Waals surface area contributed by atoms with Gasteiger partial charge in [0.2, 0.25) is 0 Å². The number of hydrogen-bond donors (Lipinski definition) is 2. The maximum Gasteiger partial charge on any atom is 0.331 e. The number of rotatable bonds is 3. The van der Waals surface area contributed by atoms with Gasteiger partial charge in [0.05, 0.1) is 11.1 Å². The van der Waals surface area contributed by atoms with Gasteiger partial charge in [-0.1, -0.05) is 20.8 Å². The summed E-state index contributed by atoms with van der Waals surface area (Å²) in [6, 6.07) is 3.87. The number of aliphatic carboxylic acids is 1. The van der Waals surface area contributed by atoms with Crippen molar-refractivity contribution in [2.75, 3.05) is 18.0 Å². The smallest absolute Gasteiger partial charge is 0.331 e. The first-order valence-electron chi connectivity index (χ1n) is 9.14. The molecule has 1 saturated heterocycles. The molecular formula is C19H24N6O2. The summed E-state index contributed by atoms with van der Waals surface area (Å²) in [6.07, 6.45) is 6.11. The van der Waals surface area contributed by atoms with E-state index in [1.54, 1.807) is 10.9 Å². The second-order valence-electron chi connectivity index (χ2n) is 8.16. The molecular weight excluding hydrogens is 344 g/mol. The van der Waals surface area contributed by atoms with Crippen molar-refractivity contribution in [2.45, 2.75) is 44.6 Å². The van der Waals surface area contributed by atoms with Crippen LogP contribution in [0, 0.1) is 0 Å². The molecule has 0 unspecified atom stereocenters. The molecule has 4 heterocycles. The largest absolute Gasteiger partial charge is 0.479 e. The van der Waals surface area contributed by atoms with E-state index in [0.29, 0.717) is 25.9 Å². The van der Waals surface area contributed by atoms with Gasteiger partial charge in [-0.05, 0) is 12.1 Å². The first-order chi connectivity index (χ1) is 12.8. The lowest BCUT2D eigenvalue weighted by molar-refractivity contribution is -0.149. The van der Waals surface area contributed by atoms with E-state index < -0.39 is 11.5 Å². The molecule has 0 aromatic carbocycles. The van der Waals surface area contributed by atoms with Gasteiger partial charge >= 0.3 is 5.97 Å². The number of fused-ring (bicyclic) bond motifs is 1. The number of nitrogens with one attached hydrogen (secondary N) is 1. The molecule has 3 aromatic heterocycles. The predicted octanol–water partition coefficient (Wildman–Crippen LogP) is 2.53. The lowest BCUT2D eigenvalue weighted by atomic mass is 9.87. The Bertz CT molecular complexity index is 975. The molecule has 1 fully saturated rings. The molecule has 2 N–H and O–H groups in total. The highest BCUT2D eigenvalue weighted by Gasteiger charge is 2.45. The Kier molecular flexibility index (Phi) is 3.94.